The van der Waals surface area contributed by atoms with Crippen LogP contribution in [0.5, 0.6) is 17.2 Å². The van der Waals surface area contributed by atoms with Crippen LogP contribution in [0.2, 0.25) is 0 Å². The minimum atomic E-state index is -0.467. The largest absolute Gasteiger partial charge is 0.508 e. The van der Waals surface area contributed by atoms with Crippen LogP contribution in [0.15, 0.2) is 67.0 Å². The van der Waals surface area contributed by atoms with E-state index in [2.05, 4.69) is 15.8 Å². The molecule has 0 saturated carbocycles. The molecule has 2 aliphatic rings. The molecule has 0 spiro atoms. The van der Waals surface area contributed by atoms with Gasteiger partial charge >= 0.3 is 0 Å². The Hall–Kier alpha value is -3.62. The highest BCUT2D eigenvalue weighted by Crippen LogP contribution is 2.49. The molecular formula is C25H26N4O4. The fourth-order valence-electron chi connectivity index (χ4n) is 4.96. The molecule has 170 valence electrons. The van der Waals surface area contributed by atoms with Gasteiger partial charge in [-0.1, -0.05) is 24.3 Å². The first-order chi connectivity index (χ1) is 16.1. The number of fused-ring (bicyclic) bond motifs is 1. The van der Waals surface area contributed by atoms with E-state index in [1.54, 1.807) is 36.7 Å². The molecule has 0 radical (unpaired) electrons. The number of hydrazine groups is 1. The van der Waals surface area contributed by atoms with Gasteiger partial charge in [-0.15, -0.1) is 0 Å². The first-order valence-corrected chi connectivity index (χ1v) is 11.0. The molecular weight excluding hydrogens is 420 g/mol. The molecule has 3 heterocycles. The number of pyridine rings is 1. The van der Waals surface area contributed by atoms with Gasteiger partial charge in [0, 0.05) is 30.4 Å². The molecule has 2 aromatic carbocycles. The van der Waals surface area contributed by atoms with Crippen LogP contribution in [0.3, 0.4) is 0 Å². The number of ether oxygens (including phenoxy) is 1. The molecule has 1 amide bonds. The Bertz CT molecular complexity index is 1160. The smallest absolute Gasteiger partial charge is 0.242 e. The molecule has 2 fully saturated rings. The average molecular weight is 447 g/mol. The minimum Gasteiger partial charge on any atom is -0.508 e. The lowest BCUT2D eigenvalue weighted by Crippen LogP contribution is -2.41. The number of likely N-dealkylation sites (tertiary alicyclic amines) is 1. The number of hydrogen-bond donors (Lipinski definition) is 4. The van der Waals surface area contributed by atoms with Crippen LogP contribution in [0.4, 0.5) is 0 Å². The molecule has 4 atom stereocenters. The number of rotatable bonds is 6. The van der Waals surface area contributed by atoms with Crippen LogP contribution < -0.4 is 15.6 Å². The number of carbonyl (C=O) groups excluding carboxylic acids is 1. The number of amides is 1. The van der Waals surface area contributed by atoms with Crippen molar-refractivity contribution in [1.82, 2.24) is 20.7 Å². The van der Waals surface area contributed by atoms with Crippen molar-refractivity contribution in [3.63, 3.8) is 0 Å². The van der Waals surface area contributed by atoms with Gasteiger partial charge in [0.15, 0.2) is 11.5 Å². The van der Waals surface area contributed by atoms with Crippen LogP contribution in [-0.4, -0.2) is 38.7 Å². The van der Waals surface area contributed by atoms with E-state index in [-0.39, 0.29) is 35.4 Å². The molecule has 8 heteroatoms. The summed E-state index contributed by atoms with van der Waals surface area (Å²) in [5.74, 6) is 0.386. The number of phenolic OH excluding ortho intramolecular Hbond substituents is 2. The number of para-hydroxylation sites is 1. The Morgan fingerprint density at radius 2 is 1.76 bits per heavy atom. The lowest BCUT2D eigenvalue weighted by atomic mass is 9.83. The van der Waals surface area contributed by atoms with E-state index >= 15 is 0 Å². The van der Waals surface area contributed by atoms with Gasteiger partial charge in [-0.05, 0) is 48.4 Å². The Morgan fingerprint density at radius 1 is 1.00 bits per heavy atom. The maximum absolute atomic E-state index is 13.6. The molecule has 2 saturated heterocycles. The van der Waals surface area contributed by atoms with Crippen molar-refractivity contribution in [1.29, 1.82) is 0 Å². The number of benzene rings is 2. The van der Waals surface area contributed by atoms with Crippen LogP contribution in [0, 0.1) is 5.92 Å². The third-order valence-corrected chi connectivity index (χ3v) is 6.41. The fourth-order valence-corrected chi connectivity index (χ4v) is 4.96. The van der Waals surface area contributed by atoms with Crippen molar-refractivity contribution >= 4 is 5.91 Å². The third kappa shape index (κ3) is 3.77. The number of nitrogens with zero attached hydrogens (tertiary/aromatic N) is 2. The maximum Gasteiger partial charge on any atom is 0.242 e. The van der Waals surface area contributed by atoms with Gasteiger partial charge in [0.2, 0.25) is 5.91 Å². The zero-order valence-electron chi connectivity index (χ0n) is 18.2. The summed E-state index contributed by atoms with van der Waals surface area (Å²) in [6.45, 7) is 2.69. The molecule has 0 aliphatic carbocycles. The molecule has 33 heavy (non-hydrogen) atoms. The molecule has 8 nitrogen and oxygen atoms in total. The third-order valence-electron chi connectivity index (χ3n) is 6.41. The molecule has 4 N–H and O–H groups in total. The molecule has 2 aliphatic heterocycles. The van der Waals surface area contributed by atoms with Gasteiger partial charge in [0.25, 0.3) is 0 Å². The summed E-state index contributed by atoms with van der Waals surface area (Å²) in [4.78, 5) is 19.5. The number of aromatic hydroxyl groups is 2. The Morgan fingerprint density at radius 3 is 2.52 bits per heavy atom. The lowest BCUT2D eigenvalue weighted by molar-refractivity contribution is -0.131. The first-order valence-electron chi connectivity index (χ1n) is 11.0. The molecule has 3 aromatic rings. The highest BCUT2D eigenvalue weighted by Gasteiger charge is 2.55. The SMILES string of the molecule is CCOc1cc(C2C3C(NNC3c3ccccc3O)C(=O)N2Cc2ccncc2)ccc1O. The number of carbonyl (C=O) groups is 1. The average Bonchev–Trinajstić information content (AvgIpc) is 3.36. The Labute approximate surface area is 191 Å². The summed E-state index contributed by atoms with van der Waals surface area (Å²) in [6, 6.07) is 15.1. The number of phenols is 2. The zero-order chi connectivity index (χ0) is 22.9. The Kier molecular flexibility index (Phi) is 5.62. The van der Waals surface area contributed by atoms with E-state index < -0.39 is 6.04 Å². The van der Waals surface area contributed by atoms with Crippen molar-refractivity contribution in [3.05, 3.63) is 83.7 Å². The van der Waals surface area contributed by atoms with Crippen molar-refractivity contribution in [2.24, 2.45) is 5.92 Å². The Balaban J connectivity index is 1.60. The van der Waals surface area contributed by atoms with E-state index in [1.807, 2.05) is 42.2 Å². The zero-order valence-corrected chi connectivity index (χ0v) is 18.2. The van der Waals surface area contributed by atoms with Gasteiger partial charge in [-0.3, -0.25) is 9.78 Å². The predicted molar refractivity (Wildman–Crippen MR) is 121 cm³/mol. The quantitative estimate of drug-likeness (QED) is 0.461. The van der Waals surface area contributed by atoms with Crippen LogP contribution in [0.1, 0.15) is 35.7 Å². The molecule has 0 bridgehead atoms. The van der Waals surface area contributed by atoms with E-state index in [4.69, 9.17) is 4.74 Å². The highest BCUT2D eigenvalue weighted by molar-refractivity contribution is 5.86. The normalized spacial score (nSPS) is 24.2. The topological polar surface area (TPSA) is 107 Å². The standard InChI is InChI=1S/C25H26N4O4/c1-2-33-20-13-16(7-8-19(20)31)24-21-22(17-5-3-4-6-18(17)30)27-28-23(21)25(32)29(24)14-15-9-11-26-12-10-15/h3-13,21-24,27-28,30-31H,2,14H2,1H3. The summed E-state index contributed by atoms with van der Waals surface area (Å²) < 4.78 is 5.63. The first kappa shape index (κ1) is 21.2. The van der Waals surface area contributed by atoms with Gasteiger partial charge < -0.3 is 19.8 Å². The highest BCUT2D eigenvalue weighted by atomic mass is 16.5. The van der Waals surface area contributed by atoms with Gasteiger partial charge in [-0.2, -0.15) is 0 Å². The summed E-state index contributed by atoms with van der Waals surface area (Å²) in [7, 11) is 0. The van der Waals surface area contributed by atoms with Crippen LogP contribution in [0.25, 0.3) is 0 Å². The summed E-state index contributed by atoms with van der Waals surface area (Å²) in [6.07, 6.45) is 3.42. The summed E-state index contributed by atoms with van der Waals surface area (Å²) in [5, 5.41) is 20.8. The van der Waals surface area contributed by atoms with Crippen molar-refractivity contribution in [3.8, 4) is 17.2 Å². The minimum absolute atomic E-state index is 0.0294. The van der Waals surface area contributed by atoms with E-state index in [0.29, 0.717) is 18.9 Å². The summed E-state index contributed by atoms with van der Waals surface area (Å²) >= 11 is 0. The molecule has 1 aromatic heterocycles. The van der Waals surface area contributed by atoms with Gasteiger partial charge in [0.1, 0.15) is 11.8 Å². The van der Waals surface area contributed by atoms with Crippen LogP contribution in [-0.2, 0) is 11.3 Å². The maximum atomic E-state index is 13.6. The van der Waals surface area contributed by atoms with E-state index in [9.17, 15) is 15.0 Å². The van der Waals surface area contributed by atoms with Gasteiger partial charge in [-0.25, -0.2) is 10.9 Å². The van der Waals surface area contributed by atoms with Crippen molar-refractivity contribution in [2.45, 2.75) is 31.6 Å². The van der Waals surface area contributed by atoms with Crippen molar-refractivity contribution in [2.75, 3.05) is 6.61 Å². The van der Waals surface area contributed by atoms with E-state index in [1.165, 1.54) is 0 Å². The van der Waals surface area contributed by atoms with Crippen molar-refractivity contribution < 1.29 is 19.7 Å². The fraction of sp³-hybridized carbons (Fsp3) is 0.280. The number of aromatic nitrogens is 1. The monoisotopic (exact) mass is 446 g/mol. The second kappa shape index (κ2) is 8.73. The predicted octanol–water partition coefficient (Wildman–Crippen LogP) is 2.81. The number of hydrogen-bond acceptors (Lipinski definition) is 7. The lowest BCUT2D eigenvalue weighted by Gasteiger charge is -2.32. The molecule has 5 rings (SSSR count). The molecule has 4 unspecified atom stereocenters. The second-order valence-electron chi connectivity index (χ2n) is 8.31. The van der Waals surface area contributed by atoms with Gasteiger partial charge in [0.05, 0.1) is 18.7 Å². The van der Waals surface area contributed by atoms with E-state index in [0.717, 1.165) is 16.7 Å². The number of nitrogens with one attached hydrogen (secondary N) is 2. The second-order valence-corrected chi connectivity index (χ2v) is 8.31. The van der Waals surface area contributed by atoms with Crippen LogP contribution >= 0.6 is 0 Å². The summed E-state index contributed by atoms with van der Waals surface area (Å²) in [5.41, 5.74) is 8.96.